The predicted octanol–water partition coefficient (Wildman–Crippen LogP) is 2.91. The van der Waals surface area contributed by atoms with Crippen molar-refractivity contribution in [1.29, 1.82) is 0 Å². The maximum Gasteiger partial charge on any atom is 0.293 e. The van der Waals surface area contributed by atoms with Crippen LogP contribution in [0.4, 0.5) is 11.4 Å². The zero-order chi connectivity index (χ0) is 21.3. The van der Waals surface area contributed by atoms with Crippen LogP contribution >= 0.6 is 0 Å². The highest BCUT2D eigenvalue weighted by Gasteiger charge is 2.27. The fourth-order valence-electron chi connectivity index (χ4n) is 4.03. The van der Waals surface area contributed by atoms with Crippen molar-refractivity contribution in [2.75, 3.05) is 44.7 Å². The lowest BCUT2D eigenvalue weighted by Gasteiger charge is -2.33. The van der Waals surface area contributed by atoms with Crippen LogP contribution in [-0.4, -0.2) is 55.6 Å². The van der Waals surface area contributed by atoms with Crippen molar-refractivity contribution >= 4 is 17.3 Å². The van der Waals surface area contributed by atoms with Gasteiger partial charge in [0.2, 0.25) is 0 Å². The molecule has 0 aromatic heterocycles. The van der Waals surface area contributed by atoms with Gasteiger partial charge in [-0.3, -0.25) is 14.9 Å². The summed E-state index contributed by atoms with van der Waals surface area (Å²) in [6.45, 7) is 5.66. The first-order valence-electron chi connectivity index (χ1n) is 10.2. The van der Waals surface area contributed by atoms with Crippen LogP contribution in [0.2, 0.25) is 0 Å². The smallest absolute Gasteiger partial charge is 0.293 e. The van der Waals surface area contributed by atoms with E-state index in [1.54, 1.807) is 12.1 Å². The van der Waals surface area contributed by atoms with Crippen LogP contribution in [0.25, 0.3) is 0 Å². The van der Waals surface area contributed by atoms with E-state index in [1.807, 2.05) is 37.1 Å². The molecule has 0 spiro atoms. The van der Waals surface area contributed by atoms with E-state index in [-0.39, 0.29) is 17.6 Å². The minimum Gasteiger partial charge on any atom is -0.493 e. The Balaban J connectivity index is 1.56. The molecule has 0 saturated carbocycles. The van der Waals surface area contributed by atoms with Crippen molar-refractivity contribution in [2.24, 2.45) is 0 Å². The molecule has 8 nitrogen and oxygen atoms in total. The number of nitrogens with one attached hydrogen (secondary N) is 1. The van der Waals surface area contributed by atoms with Gasteiger partial charge in [-0.05, 0) is 32.2 Å². The lowest BCUT2D eigenvalue weighted by molar-refractivity contribution is -0.384. The molecule has 8 heteroatoms. The number of anilines is 1. The van der Waals surface area contributed by atoms with Crippen molar-refractivity contribution in [2.45, 2.75) is 19.4 Å². The molecule has 1 amide bonds. The van der Waals surface area contributed by atoms with Crippen molar-refractivity contribution in [3.05, 3.63) is 63.2 Å². The second-order valence-electron chi connectivity index (χ2n) is 7.96. The van der Waals surface area contributed by atoms with Gasteiger partial charge < -0.3 is 19.9 Å². The standard InChI is InChI=1S/C22H26N4O4/c1-15-3-6-21-17(13-15)18(7-12-30-21)23-22(27)16-4-5-19(20(14-16)26(28)29)25-10-8-24(2)9-11-25/h3-6,13-14,18H,7-12H2,1-2H3,(H,23,27). The Labute approximate surface area is 175 Å². The van der Waals surface area contributed by atoms with E-state index < -0.39 is 4.92 Å². The minimum absolute atomic E-state index is 0.0320. The summed E-state index contributed by atoms with van der Waals surface area (Å²) in [6, 6.07) is 10.5. The molecule has 2 aromatic rings. The number of aryl methyl sites for hydroxylation is 1. The van der Waals surface area contributed by atoms with Gasteiger partial charge in [-0.1, -0.05) is 17.7 Å². The normalized spacial score (nSPS) is 19.0. The largest absolute Gasteiger partial charge is 0.493 e. The first-order valence-corrected chi connectivity index (χ1v) is 10.2. The zero-order valence-corrected chi connectivity index (χ0v) is 17.3. The molecule has 4 rings (SSSR count). The molecular weight excluding hydrogens is 384 g/mol. The van der Waals surface area contributed by atoms with E-state index in [0.717, 1.165) is 43.1 Å². The first-order chi connectivity index (χ1) is 14.4. The van der Waals surface area contributed by atoms with E-state index in [2.05, 4.69) is 10.2 Å². The topological polar surface area (TPSA) is 88.0 Å². The molecule has 2 aromatic carbocycles. The van der Waals surface area contributed by atoms with E-state index in [9.17, 15) is 14.9 Å². The van der Waals surface area contributed by atoms with Gasteiger partial charge in [0.25, 0.3) is 11.6 Å². The summed E-state index contributed by atoms with van der Waals surface area (Å²) >= 11 is 0. The van der Waals surface area contributed by atoms with Gasteiger partial charge in [0.05, 0.1) is 17.6 Å². The molecule has 1 N–H and O–H groups in total. The molecule has 2 heterocycles. The van der Waals surface area contributed by atoms with E-state index >= 15 is 0 Å². The number of amides is 1. The third kappa shape index (κ3) is 4.09. The number of likely N-dealkylation sites (N-methyl/N-ethyl adjacent to an activating group) is 1. The Morgan fingerprint density at radius 3 is 2.67 bits per heavy atom. The molecule has 30 heavy (non-hydrogen) atoms. The number of fused-ring (bicyclic) bond motifs is 1. The Morgan fingerprint density at radius 1 is 1.17 bits per heavy atom. The highest BCUT2D eigenvalue weighted by atomic mass is 16.6. The molecule has 158 valence electrons. The van der Waals surface area contributed by atoms with Crippen LogP contribution in [0.15, 0.2) is 36.4 Å². The van der Waals surface area contributed by atoms with Gasteiger partial charge in [-0.25, -0.2) is 0 Å². The summed E-state index contributed by atoms with van der Waals surface area (Å²) in [5.74, 6) is 0.455. The van der Waals surface area contributed by atoms with Crippen molar-refractivity contribution in [3.8, 4) is 5.75 Å². The summed E-state index contributed by atoms with van der Waals surface area (Å²) in [5, 5.41) is 14.7. The number of nitrogens with zero attached hydrogens (tertiary/aromatic N) is 3. The summed E-state index contributed by atoms with van der Waals surface area (Å²) in [6.07, 6.45) is 0.656. The van der Waals surface area contributed by atoms with Crippen LogP contribution in [0.1, 0.15) is 33.9 Å². The lowest BCUT2D eigenvalue weighted by atomic mass is 9.98. The number of carbonyl (C=O) groups excluding carboxylic acids is 1. The number of piperazine rings is 1. The number of nitro groups is 1. The second kappa shape index (κ2) is 8.31. The highest BCUT2D eigenvalue weighted by molar-refractivity contribution is 5.96. The van der Waals surface area contributed by atoms with Crippen molar-refractivity contribution in [1.82, 2.24) is 10.2 Å². The highest BCUT2D eigenvalue weighted by Crippen LogP contribution is 2.34. The molecule has 1 atom stereocenters. The molecule has 0 bridgehead atoms. The number of carbonyl (C=O) groups is 1. The summed E-state index contributed by atoms with van der Waals surface area (Å²) in [5.41, 5.74) is 2.86. The molecule has 0 radical (unpaired) electrons. The van der Waals surface area contributed by atoms with Crippen LogP contribution < -0.4 is 15.0 Å². The maximum atomic E-state index is 12.9. The van der Waals surface area contributed by atoms with Gasteiger partial charge in [0.1, 0.15) is 11.4 Å². The Kier molecular flexibility index (Phi) is 5.59. The average molecular weight is 410 g/mol. The Bertz CT molecular complexity index is 970. The van der Waals surface area contributed by atoms with Gasteiger partial charge in [0.15, 0.2) is 0 Å². The summed E-state index contributed by atoms with van der Waals surface area (Å²) in [7, 11) is 2.04. The fraction of sp³-hybridized carbons (Fsp3) is 0.409. The number of ether oxygens (including phenoxy) is 1. The summed E-state index contributed by atoms with van der Waals surface area (Å²) < 4.78 is 5.69. The number of benzene rings is 2. The van der Waals surface area contributed by atoms with Crippen molar-refractivity contribution < 1.29 is 14.5 Å². The fourth-order valence-corrected chi connectivity index (χ4v) is 4.03. The molecule has 0 aliphatic carbocycles. The van der Waals surface area contributed by atoms with Crippen LogP contribution in [-0.2, 0) is 0 Å². The van der Waals surface area contributed by atoms with Gasteiger partial charge in [-0.2, -0.15) is 0 Å². The summed E-state index contributed by atoms with van der Waals surface area (Å²) in [4.78, 5) is 28.4. The number of rotatable bonds is 4. The predicted molar refractivity (Wildman–Crippen MR) is 114 cm³/mol. The van der Waals surface area contributed by atoms with E-state index in [0.29, 0.717) is 24.3 Å². The minimum atomic E-state index is -0.405. The van der Waals surface area contributed by atoms with Gasteiger partial charge in [0, 0.05) is 49.8 Å². The lowest BCUT2D eigenvalue weighted by Crippen LogP contribution is -2.44. The third-order valence-electron chi connectivity index (χ3n) is 5.79. The quantitative estimate of drug-likeness (QED) is 0.616. The number of nitro benzene ring substituents is 1. The van der Waals surface area contributed by atoms with Crippen LogP contribution in [0, 0.1) is 17.0 Å². The van der Waals surface area contributed by atoms with Crippen molar-refractivity contribution in [3.63, 3.8) is 0 Å². The Hall–Kier alpha value is -3.13. The van der Waals surface area contributed by atoms with Crippen LogP contribution in [0.5, 0.6) is 5.75 Å². The molecule has 1 saturated heterocycles. The average Bonchev–Trinajstić information content (AvgIpc) is 2.74. The third-order valence-corrected chi connectivity index (χ3v) is 5.79. The maximum absolute atomic E-state index is 12.9. The first kappa shape index (κ1) is 20.2. The number of hydrogen-bond acceptors (Lipinski definition) is 6. The zero-order valence-electron chi connectivity index (χ0n) is 17.3. The SMILES string of the molecule is Cc1ccc2c(c1)C(NC(=O)c1ccc(N3CCN(C)CC3)c([N+](=O)[O-])c1)CCO2. The van der Waals surface area contributed by atoms with Gasteiger partial charge >= 0.3 is 0 Å². The second-order valence-corrected chi connectivity index (χ2v) is 7.96. The Morgan fingerprint density at radius 2 is 1.93 bits per heavy atom. The van der Waals surface area contributed by atoms with E-state index in [4.69, 9.17) is 4.74 Å². The molecule has 1 fully saturated rings. The molecule has 2 aliphatic rings. The monoisotopic (exact) mass is 410 g/mol. The van der Waals surface area contributed by atoms with Crippen LogP contribution in [0.3, 0.4) is 0 Å². The number of hydrogen-bond donors (Lipinski definition) is 1. The molecule has 1 unspecified atom stereocenters. The molecular formula is C22H26N4O4. The van der Waals surface area contributed by atoms with E-state index in [1.165, 1.54) is 6.07 Å². The van der Waals surface area contributed by atoms with Gasteiger partial charge in [-0.15, -0.1) is 0 Å². The molecule has 2 aliphatic heterocycles.